The molecule has 19 heavy (non-hydrogen) atoms. The molecule has 0 bridgehead atoms. The number of carbonyl (C=O) groups is 1. The van der Waals surface area contributed by atoms with Gasteiger partial charge in [-0.25, -0.2) is 0 Å². The highest BCUT2D eigenvalue weighted by Crippen LogP contribution is 2.28. The van der Waals surface area contributed by atoms with E-state index in [0.29, 0.717) is 0 Å². The van der Waals surface area contributed by atoms with Crippen molar-refractivity contribution in [3.63, 3.8) is 0 Å². The minimum Gasteiger partial charge on any atom is -0.610 e. The van der Waals surface area contributed by atoms with Gasteiger partial charge in [-0.3, -0.25) is 9.59 Å². The fourth-order valence-electron chi connectivity index (χ4n) is 1.84. The standard InChI is InChI=1S/C12H9Cl2NO3S/c1-5(16)8-11(17)9-6(13)3-4-7(14)10(9)15-12(8)19(2)18/h3-4H,1-2H3,(H,15,17). The Kier molecular flexibility index (Phi) is 3.92. The monoisotopic (exact) mass is 317 g/mol. The summed E-state index contributed by atoms with van der Waals surface area (Å²) >= 11 is 10.5. The highest BCUT2D eigenvalue weighted by Gasteiger charge is 2.24. The van der Waals surface area contributed by atoms with Gasteiger partial charge in [0.05, 0.1) is 20.9 Å². The first-order chi connectivity index (χ1) is 8.84. The molecule has 100 valence electrons. The maximum absolute atomic E-state index is 12.3. The number of carbonyl (C=O) groups excluding carboxylic acids is 1. The number of hydrogen-bond acceptors (Lipinski definition) is 3. The fraction of sp³-hybridized carbons (Fsp3) is 0.167. The summed E-state index contributed by atoms with van der Waals surface area (Å²) in [7, 11) is 0. The number of hydrogen-bond donors (Lipinski definition) is 1. The molecule has 4 nitrogen and oxygen atoms in total. The predicted octanol–water partition coefficient (Wildman–Crippen LogP) is 2.77. The first-order valence-corrected chi connectivity index (χ1v) is 7.54. The third-order valence-corrected chi connectivity index (χ3v) is 4.17. The van der Waals surface area contributed by atoms with Crippen molar-refractivity contribution in [2.75, 3.05) is 6.26 Å². The van der Waals surface area contributed by atoms with E-state index in [1.54, 1.807) is 0 Å². The van der Waals surface area contributed by atoms with E-state index >= 15 is 0 Å². The summed E-state index contributed by atoms with van der Waals surface area (Å²) in [4.78, 5) is 26.7. The molecule has 1 N–H and O–H groups in total. The van der Waals surface area contributed by atoms with Crippen molar-refractivity contribution in [1.29, 1.82) is 0 Å². The van der Waals surface area contributed by atoms with E-state index in [-0.39, 0.29) is 31.5 Å². The number of rotatable bonds is 2. The zero-order valence-electron chi connectivity index (χ0n) is 10.0. The third kappa shape index (κ3) is 2.39. The molecule has 1 heterocycles. The molecule has 0 spiro atoms. The molecular weight excluding hydrogens is 309 g/mol. The Labute approximate surface area is 121 Å². The molecule has 1 unspecified atom stereocenters. The molecule has 0 radical (unpaired) electrons. The van der Waals surface area contributed by atoms with Crippen molar-refractivity contribution >= 4 is 51.1 Å². The van der Waals surface area contributed by atoms with Crippen molar-refractivity contribution in [2.45, 2.75) is 11.9 Å². The van der Waals surface area contributed by atoms with Crippen LogP contribution < -0.4 is 5.43 Å². The van der Waals surface area contributed by atoms with Crippen molar-refractivity contribution in [2.24, 2.45) is 0 Å². The quantitative estimate of drug-likeness (QED) is 0.683. The Hall–Kier alpha value is -1.01. The molecule has 2 aromatic rings. The molecule has 1 aromatic carbocycles. The van der Waals surface area contributed by atoms with Gasteiger partial charge in [-0.05, 0) is 19.1 Å². The number of fused-ring (bicyclic) bond motifs is 1. The zero-order valence-corrected chi connectivity index (χ0v) is 12.4. The van der Waals surface area contributed by atoms with Crippen LogP contribution in [0.2, 0.25) is 10.0 Å². The largest absolute Gasteiger partial charge is 0.610 e. The van der Waals surface area contributed by atoms with Gasteiger partial charge < -0.3 is 9.54 Å². The van der Waals surface area contributed by atoms with Crippen LogP contribution in [0.25, 0.3) is 10.9 Å². The molecule has 0 saturated carbocycles. The van der Waals surface area contributed by atoms with Gasteiger partial charge in [-0.2, -0.15) is 0 Å². The van der Waals surface area contributed by atoms with Crippen molar-refractivity contribution in [3.05, 3.63) is 38.0 Å². The van der Waals surface area contributed by atoms with Gasteiger partial charge in [-0.15, -0.1) is 0 Å². The summed E-state index contributed by atoms with van der Waals surface area (Å²) in [6, 6.07) is 3.01. The summed E-state index contributed by atoms with van der Waals surface area (Å²) in [5, 5.41) is 0.664. The number of pyridine rings is 1. The van der Waals surface area contributed by atoms with E-state index in [1.165, 1.54) is 25.3 Å². The Balaban J connectivity index is 3.07. The van der Waals surface area contributed by atoms with Gasteiger partial charge in [0.25, 0.3) is 0 Å². The average Bonchev–Trinajstić information content (AvgIpc) is 2.32. The molecule has 0 aliphatic rings. The topological polar surface area (TPSA) is 73.0 Å². The maximum atomic E-state index is 12.3. The molecule has 1 aromatic heterocycles. The highest BCUT2D eigenvalue weighted by atomic mass is 35.5. The third-order valence-electron chi connectivity index (χ3n) is 2.66. The van der Waals surface area contributed by atoms with Crippen molar-refractivity contribution < 1.29 is 9.35 Å². The molecule has 7 heteroatoms. The number of nitrogens with one attached hydrogen (secondary N) is 1. The lowest BCUT2D eigenvalue weighted by Gasteiger charge is -2.11. The number of aromatic amines is 1. The second kappa shape index (κ2) is 5.17. The number of Topliss-reactive ketones (excluding diaryl/α,β-unsaturated/α-hetero) is 1. The lowest BCUT2D eigenvalue weighted by atomic mass is 10.1. The van der Waals surface area contributed by atoms with E-state index in [4.69, 9.17) is 23.2 Å². The Morgan fingerprint density at radius 3 is 2.42 bits per heavy atom. The second-order valence-electron chi connectivity index (χ2n) is 3.95. The van der Waals surface area contributed by atoms with Gasteiger partial charge in [0.15, 0.2) is 5.78 Å². The normalized spacial score (nSPS) is 12.7. The summed E-state index contributed by atoms with van der Waals surface area (Å²) in [5.41, 5.74) is -0.411. The lowest BCUT2D eigenvalue weighted by Crippen LogP contribution is -2.21. The number of ketones is 1. The molecule has 0 fully saturated rings. The van der Waals surface area contributed by atoms with Crippen molar-refractivity contribution in [1.82, 2.24) is 4.98 Å². The Bertz CT molecular complexity index is 740. The van der Waals surface area contributed by atoms with Gasteiger partial charge in [0.1, 0.15) is 11.8 Å². The van der Waals surface area contributed by atoms with Gasteiger partial charge in [0.2, 0.25) is 10.5 Å². The van der Waals surface area contributed by atoms with Crippen LogP contribution in [0.3, 0.4) is 0 Å². The molecule has 1 atom stereocenters. The first kappa shape index (κ1) is 14.4. The summed E-state index contributed by atoms with van der Waals surface area (Å²) < 4.78 is 11.7. The van der Waals surface area contributed by atoms with E-state index in [2.05, 4.69) is 4.98 Å². The zero-order chi connectivity index (χ0) is 14.3. The van der Waals surface area contributed by atoms with Crippen LogP contribution >= 0.6 is 23.2 Å². The van der Waals surface area contributed by atoms with Crippen LogP contribution in [-0.2, 0) is 11.2 Å². The van der Waals surface area contributed by atoms with Gasteiger partial charge in [-0.1, -0.05) is 23.2 Å². The summed E-state index contributed by atoms with van der Waals surface area (Å²) in [6.07, 6.45) is 1.38. The molecule has 0 saturated heterocycles. The number of aromatic nitrogens is 1. The van der Waals surface area contributed by atoms with E-state index < -0.39 is 22.4 Å². The fourth-order valence-corrected chi connectivity index (χ4v) is 3.05. The van der Waals surface area contributed by atoms with E-state index in [1.807, 2.05) is 0 Å². The molecular formula is C12H9Cl2NO3S. The number of halogens is 2. The average molecular weight is 318 g/mol. The molecule has 0 aliphatic heterocycles. The molecule has 0 aliphatic carbocycles. The minimum absolute atomic E-state index is 0.0640. The maximum Gasteiger partial charge on any atom is 0.237 e. The van der Waals surface area contributed by atoms with Crippen LogP contribution in [0.5, 0.6) is 0 Å². The van der Waals surface area contributed by atoms with Crippen LogP contribution in [0.4, 0.5) is 0 Å². The van der Waals surface area contributed by atoms with Gasteiger partial charge in [0, 0.05) is 11.2 Å². The summed E-state index contributed by atoms with van der Waals surface area (Å²) in [5.74, 6) is -0.468. The van der Waals surface area contributed by atoms with Crippen LogP contribution in [0, 0.1) is 0 Å². The molecule has 0 amide bonds. The minimum atomic E-state index is -1.52. The first-order valence-electron chi connectivity index (χ1n) is 5.23. The van der Waals surface area contributed by atoms with E-state index in [0.717, 1.165) is 0 Å². The number of H-pyrrole nitrogens is 1. The highest BCUT2D eigenvalue weighted by molar-refractivity contribution is 7.90. The van der Waals surface area contributed by atoms with Crippen LogP contribution in [0.15, 0.2) is 22.0 Å². The second-order valence-corrected chi connectivity index (χ2v) is 6.08. The van der Waals surface area contributed by atoms with Crippen molar-refractivity contribution in [3.8, 4) is 0 Å². The van der Waals surface area contributed by atoms with Gasteiger partial charge >= 0.3 is 0 Å². The Morgan fingerprint density at radius 1 is 1.32 bits per heavy atom. The smallest absolute Gasteiger partial charge is 0.237 e. The SMILES string of the molecule is CC(=O)c1c([S+](C)[O-])[nH]c2c(Cl)ccc(Cl)c2c1=O. The predicted molar refractivity (Wildman–Crippen MR) is 76.9 cm³/mol. The molecule has 2 rings (SSSR count). The lowest BCUT2D eigenvalue weighted by molar-refractivity contribution is 0.101. The summed E-state index contributed by atoms with van der Waals surface area (Å²) in [6.45, 7) is 1.24. The van der Waals surface area contributed by atoms with Crippen LogP contribution in [0.1, 0.15) is 17.3 Å². The van der Waals surface area contributed by atoms with E-state index in [9.17, 15) is 14.1 Å². The van der Waals surface area contributed by atoms with Crippen LogP contribution in [-0.4, -0.2) is 21.6 Å². The number of benzene rings is 1. The Morgan fingerprint density at radius 2 is 1.89 bits per heavy atom.